The van der Waals surface area contributed by atoms with Crippen LogP contribution in [0.1, 0.15) is 38.2 Å². The normalized spacial score (nSPS) is 15.1. The molecule has 1 aromatic rings. The fourth-order valence-corrected chi connectivity index (χ4v) is 2.95. The zero-order chi connectivity index (χ0) is 10.6. The number of alkyl halides is 1. The molecule has 0 aliphatic rings. The van der Waals surface area contributed by atoms with Crippen LogP contribution in [-0.4, -0.2) is 4.83 Å². The molecule has 0 aliphatic heterocycles. The van der Waals surface area contributed by atoms with Crippen LogP contribution >= 0.6 is 31.9 Å². The molecule has 0 aliphatic carbocycles. The second-order valence-corrected chi connectivity index (χ2v) is 5.65. The predicted molar refractivity (Wildman–Crippen MR) is 70.2 cm³/mol. The SMILES string of the molecule is CCCC(Br)C(C)c1ccccc1Br. The molecule has 0 saturated carbocycles. The van der Waals surface area contributed by atoms with Gasteiger partial charge in [-0.2, -0.15) is 0 Å². The van der Waals surface area contributed by atoms with Crippen LogP contribution in [0.4, 0.5) is 0 Å². The van der Waals surface area contributed by atoms with Crippen molar-refractivity contribution in [1.82, 2.24) is 0 Å². The molecule has 0 heterocycles. The van der Waals surface area contributed by atoms with Crippen molar-refractivity contribution < 1.29 is 0 Å². The van der Waals surface area contributed by atoms with Crippen LogP contribution < -0.4 is 0 Å². The van der Waals surface area contributed by atoms with Gasteiger partial charge in [-0.1, -0.05) is 70.3 Å². The summed E-state index contributed by atoms with van der Waals surface area (Å²) in [6, 6.07) is 8.46. The Bertz CT molecular complexity index is 283. The van der Waals surface area contributed by atoms with Crippen molar-refractivity contribution in [3.05, 3.63) is 34.3 Å². The van der Waals surface area contributed by atoms with Crippen LogP contribution in [0.15, 0.2) is 28.7 Å². The van der Waals surface area contributed by atoms with Gasteiger partial charge < -0.3 is 0 Å². The summed E-state index contributed by atoms with van der Waals surface area (Å²) in [5.74, 6) is 0.561. The average molecular weight is 320 g/mol. The van der Waals surface area contributed by atoms with Crippen molar-refractivity contribution in [3.63, 3.8) is 0 Å². The standard InChI is InChI=1S/C12H16Br2/c1-3-6-11(13)9(2)10-7-4-5-8-12(10)14/h4-5,7-9,11H,3,6H2,1-2H3. The van der Waals surface area contributed by atoms with Gasteiger partial charge in [-0.15, -0.1) is 0 Å². The van der Waals surface area contributed by atoms with E-state index < -0.39 is 0 Å². The van der Waals surface area contributed by atoms with Gasteiger partial charge in [-0.3, -0.25) is 0 Å². The molecule has 0 radical (unpaired) electrons. The van der Waals surface area contributed by atoms with Gasteiger partial charge in [0.2, 0.25) is 0 Å². The Morgan fingerprint density at radius 3 is 2.50 bits per heavy atom. The average Bonchev–Trinajstić information content (AvgIpc) is 2.18. The van der Waals surface area contributed by atoms with Gasteiger partial charge in [0.15, 0.2) is 0 Å². The minimum absolute atomic E-state index is 0.561. The number of benzene rings is 1. The van der Waals surface area contributed by atoms with Gasteiger partial charge in [-0.05, 0) is 24.0 Å². The Morgan fingerprint density at radius 2 is 1.93 bits per heavy atom. The van der Waals surface area contributed by atoms with Crippen molar-refractivity contribution in [1.29, 1.82) is 0 Å². The minimum Gasteiger partial charge on any atom is -0.0884 e. The highest BCUT2D eigenvalue weighted by Crippen LogP contribution is 2.32. The summed E-state index contributed by atoms with van der Waals surface area (Å²) in [5, 5.41) is 0. The summed E-state index contributed by atoms with van der Waals surface area (Å²) in [7, 11) is 0. The number of halogens is 2. The molecule has 78 valence electrons. The van der Waals surface area contributed by atoms with Crippen LogP contribution in [-0.2, 0) is 0 Å². The maximum atomic E-state index is 3.75. The molecule has 0 nitrogen and oxygen atoms in total. The molecule has 0 N–H and O–H groups in total. The molecular weight excluding hydrogens is 304 g/mol. The summed E-state index contributed by atoms with van der Waals surface area (Å²) in [6.07, 6.45) is 2.45. The lowest BCUT2D eigenvalue weighted by molar-refractivity contribution is 0.649. The highest BCUT2D eigenvalue weighted by atomic mass is 79.9. The molecule has 0 aromatic heterocycles. The molecule has 1 rings (SSSR count). The molecule has 2 atom stereocenters. The van der Waals surface area contributed by atoms with Crippen LogP contribution in [0.25, 0.3) is 0 Å². The number of rotatable bonds is 4. The Balaban J connectivity index is 2.78. The van der Waals surface area contributed by atoms with Crippen molar-refractivity contribution in [2.45, 2.75) is 37.4 Å². The van der Waals surface area contributed by atoms with Crippen LogP contribution in [0.2, 0.25) is 0 Å². The monoisotopic (exact) mass is 318 g/mol. The summed E-state index contributed by atoms with van der Waals surface area (Å²) in [6.45, 7) is 4.50. The maximum absolute atomic E-state index is 3.75. The second kappa shape index (κ2) is 5.92. The predicted octanol–water partition coefficient (Wildman–Crippen LogP) is 5.12. The lowest BCUT2D eigenvalue weighted by atomic mass is 9.95. The Labute approximate surface area is 103 Å². The summed E-state index contributed by atoms with van der Waals surface area (Å²) < 4.78 is 1.22. The maximum Gasteiger partial charge on any atom is 0.0212 e. The third-order valence-electron chi connectivity index (χ3n) is 2.50. The van der Waals surface area contributed by atoms with E-state index in [9.17, 15) is 0 Å². The fourth-order valence-electron chi connectivity index (χ4n) is 1.56. The smallest absolute Gasteiger partial charge is 0.0212 e. The van der Waals surface area contributed by atoms with Crippen molar-refractivity contribution in [2.75, 3.05) is 0 Å². The first-order valence-corrected chi connectivity index (χ1v) is 6.76. The molecule has 0 saturated heterocycles. The fraction of sp³-hybridized carbons (Fsp3) is 0.500. The number of hydrogen-bond donors (Lipinski definition) is 0. The third kappa shape index (κ3) is 3.09. The molecule has 0 fully saturated rings. The largest absolute Gasteiger partial charge is 0.0884 e. The zero-order valence-corrected chi connectivity index (χ0v) is 11.8. The second-order valence-electron chi connectivity index (χ2n) is 3.61. The van der Waals surface area contributed by atoms with E-state index in [1.807, 2.05) is 0 Å². The van der Waals surface area contributed by atoms with E-state index in [0.29, 0.717) is 10.7 Å². The van der Waals surface area contributed by atoms with Crippen molar-refractivity contribution >= 4 is 31.9 Å². The van der Waals surface area contributed by atoms with E-state index in [2.05, 4.69) is 70.0 Å². The van der Waals surface area contributed by atoms with Gasteiger partial charge in [0.1, 0.15) is 0 Å². The summed E-state index contributed by atoms with van der Waals surface area (Å²) in [4.78, 5) is 0.575. The van der Waals surface area contributed by atoms with Crippen molar-refractivity contribution in [3.8, 4) is 0 Å². The Kier molecular flexibility index (Phi) is 5.18. The first kappa shape index (κ1) is 12.3. The first-order chi connectivity index (χ1) is 6.66. The molecule has 2 unspecified atom stereocenters. The van der Waals surface area contributed by atoms with Crippen molar-refractivity contribution in [2.24, 2.45) is 0 Å². The quantitative estimate of drug-likeness (QED) is 0.676. The summed E-state index contributed by atoms with van der Waals surface area (Å²) in [5.41, 5.74) is 1.39. The van der Waals surface area contributed by atoms with Crippen LogP contribution in [0, 0.1) is 0 Å². The summed E-state index contributed by atoms with van der Waals surface area (Å²) >= 11 is 7.35. The third-order valence-corrected chi connectivity index (χ3v) is 4.48. The Hall–Kier alpha value is 0.180. The van der Waals surface area contributed by atoms with E-state index in [4.69, 9.17) is 0 Å². The van der Waals surface area contributed by atoms with E-state index in [1.54, 1.807) is 0 Å². The van der Waals surface area contributed by atoms with E-state index in [0.717, 1.165) is 0 Å². The van der Waals surface area contributed by atoms with Crippen LogP contribution in [0.5, 0.6) is 0 Å². The van der Waals surface area contributed by atoms with E-state index in [1.165, 1.54) is 22.9 Å². The van der Waals surface area contributed by atoms with E-state index >= 15 is 0 Å². The van der Waals surface area contributed by atoms with E-state index in [-0.39, 0.29) is 0 Å². The van der Waals surface area contributed by atoms with Gasteiger partial charge in [0.05, 0.1) is 0 Å². The highest BCUT2D eigenvalue weighted by molar-refractivity contribution is 9.10. The highest BCUT2D eigenvalue weighted by Gasteiger charge is 2.16. The molecule has 2 heteroatoms. The minimum atomic E-state index is 0.561. The first-order valence-electron chi connectivity index (χ1n) is 5.05. The molecule has 0 amide bonds. The number of hydrogen-bond acceptors (Lipinski definition) is 0. The lowest BCUT2D eigenvalue weighted by Crippen LogP contribution is -2.09. The van der Waals surface area contributed by atoms with Gasteiger partial charge in [-0.25, -0.2) is 0 Å². The van der Waals surface area contributed by atoms with Gasteiger partial charge >= 0.3 is 0 Å². The molecule has 0 bridgehead atoms. The van der Waals surface area contributed by atoms with Gasteiger partial charge in [0.25, 0.3) is 0 Å². The lowest BCUT2D eigenvalue weighted by Gasteiger charge is -2.19. The molecule has 1 aromatic carbocycles. The van der Waals surface area contributed by atoms with Crippen LogP contribution in [0.3, 0.4) is 0 Å². The van der Waals surface area contributed by atoms with Gasteiger partial charge in [0, 0.05) is 9.30 Å². The molecule has 0 spiro atoms. The zero-order valence-electron chi connectivity index (χ0n) is 8.63. The molecule has 14 heavy (non-hydrogen) atoms. The Morgan fingerprint density at radius 1 is 1.29 bits per heavy atom. The topological polar surface area (TPSA) is 0 Å². The molecular formula is C12H16Br2.